The second-order valence-electron chi connectivity index (χ2n) is 6.73. The number of carbonyl (C=O) groups excluding carboxylic acids is 1. The second kappa shape index (κ2) is 9.07. The van der Waals surface area contributed by atoms with Crippen LogP contribution < -0.4 is 4.74 Å². The Morgan fingerprint density at radius 1 is 0.786 bits per heavy atom. The standard InChI is InChI=1S/C24H23BrO3/c1-16-17(2)23(27-14-19-10-6-4-7-11-19)22(25)18(3)21(16)24(26)28-15-20-12-8-5-9-13-20/h4-13H,14-15H2,1-3H3. The zero-order valence-corrected chi connectivity index (χ0v) is 17.9. The van der Waals surface area contributed by atoms with Crippen molar-refractivity contribution in [3.63, 3.8) is 0 Å². The van der Waals surface area contributed by atoms with Crippen LogP contribution in [0.3, 0.4) is 0 Å². The summed E-state index contributed by atoms with van der Waals surface area (Å²) in [7, 11) is 0. The van der Waals surface area contributed by atoms with E-state index in [1.807, 2.05) is 81.4 Å². The molecule has 0 spiro atoms. The summed E-state index contributed by atoms with van der Waals surface area (Å²) in [6.07, 6.45) is 0. The molecule has 0 aliphatic heterocycles. The second-order valence-corrected chi connectivity index (χ2v) is 7.52. The molecule has 0 radical (unpaired) electrons. The Hall–Kier alpha value is -2.59. The number of hydrogen-bond acceptors (Lipinski definition) is 3. The Kier molecular flexibility index (Phi) is 6.53. The molecule has 0 aliphatic rings. The van der Waals surface area contributed by atoms with E-state index in [0.29, 0.717) is 12.2 Å². The maximum absolute atomic E-state index is 12.8. The van der Waals surface area contributed by atoms with Gasteiger partial charge in [0, 0.05) is 0 Å². The van der Waals surface area contributed by atoms with Crippen LogP contribution in [-0.4, -0.2) is 5.97 Å². The van der Waals surface area contributed by atoms with E-state index in [0.717, 1.165) is 38.0 Å². The Balaban J connectivity index is 1.82. The molecule has 0 heterocycles. The van der Waals surface area contributed by atoms with Gasteiger partial charge in [-0.1, -0.05) is 60.7 Å². The van der Waals surface area contributed by atoms with Crippen LogP contribution in [0.1, 0.15) is 38.2 Å². The summed E-state index contributed by atoms with van der Waals surface area (Å²) < 4.78 is 12.4. The number of carbonyl (C=O) groups is 1. The highest BCUT2D eigenvalue weighted by molar-refractivity contribution is 9.10. The predicted octanol–water partition coefficient (Wildman–Crippen LogP) is 6.31. The molecule has 0 fully saturated rings. The zero-order chi connectivity index (χ0) is 20.1. The molecule has 28 heavy (non-hydrogen) atoms. The monoisotopic (exact) mass is 438 g/mol. The molecule has 0 aliphatic carbocycles. The van der Waals surface area contributed by atoms with Crippen LogP contribution in [0.4, 0.5) is 0 Å². The van der Waals surface area contributed by atoms with Crippen molar-refractivity contribution in [2.75, 3.05) is 0 Å². The Bertz CT molecular complexity index is 937. The van der Waals surface area contributed by atoms with Crippen molar-refractivity contribution in [3.05, 3.63) is 98.5 Å². The van der Waals surface area contributed by atoms with Crippen molar-refractivity contribution in [1.82, 2.24) is 0 Å². The van der Waals surface area contributed by atoms with Crippen LogP contribution in [0.2, 0.25) is 0 Å². The topological polar surface area (TPSA) is 35.5 Å². The minimum atomic E-state index is -0.322. The van der Waals surface area contributed by atoms with Crippen molar-refractivity contribution in [2.45, 2.75) is 34.0 Å². The number of ether oxygens (including phenoxy) is 2. The number of esters is 1. The van der Waals surface area contributed by atoms with Gasteiger partial charge in [-0.25, -0.2) is 4.79 Å². The lowest BCUT2D eigenvalue weighted by atomic mass is 9.97. The van der Waals surface area contributed by atoms with Gasteiger partial charge in [-0.2, -0.15) is 0 Å². The predicted molar refractivity (Wildman–Crippen MR) is 115 cm³/mol. The van der Waals surface area contributed by atoms with E-state index in [4.69, 9.17) is 9.47 Å². The minimum absolute atomic E-state index is 0.251. The molecule has 0 bridgehead atoms. The van der Waals surface area contributed by atoms with Crippen LogP contribution in [0.5, 0.6) is 5.75 Å². The third kappa shape index (κ3) is 4.45. The molecule has 3 aromatic carbocycles. The minimum Gasteiger partial charge on any atom is -0.487 e. The van der Waals surface area contributed by atoms with Gasteiger partial charge in [0.25, 0.3) is 0 Å². The molecule has 0 saturated heterocycles. The van der Waals surface area contributed by atoms with E-state index in [2.05, 4.69) is 15.9 Å². The lowest BCUT2D eigenvalue weighted by Crippen LogP contribution is -2.12. The van der Waals surface area contributed by atoms with Gasteiger partial charge in [0.2, 0.25) is 0 Å². The molecule has 0 saturated carbocycles. The van der Waals surface area contributed by atoms with E-state index in [9.17, 15) is 4.79 Å². The highest BCUT2D eigenvalue weighted by atomic mass is 79.9. The first-order valence-electron chi connectivity index (χ1n) is 9.16. The molecule has 0 N–H and O–H groups in total. The summed E-state index contributed by atoms with van der Waals surface area (Å²) in [5.41, 5.74) is 5.28. The number of halogens is 1. The lowest BCUT2D eigenvalue weighted by Gasteiger charge is -2.19. The molecular formula is C24H23BrO3. The van der Waals surface area contributed by atoms with E-state index in [-0.39, 0.29) is 12.6 Å². The van der Waals surface area contributed by atoms with Crippen molar-refractivity contribution in [1.29, 1.82) is 0 Å². The maximum atomic E-state index is 12.8. The lowest BCUT2D eigenvalue weighted by molar-refractivity contribution is 0.0470. The Morgan fingerprint density at radius 2 is 1.32 bits per heavy atom. The number of hydrogen-bond donors (Lipinski definition) is 0. The molecule has 3 aromatic rings. The van der Waals surface area contributed by atoms with Gasteiger partial charge in [-0.3, -0.25) is 0 Å². The smallest absolute Gasteiger partial charge is 0.339 e. The third-order valence-electron chi connectivity index (χ3n) is 4.82. The van der Waals surface area contributed by atoms with Gasteiger partial charge in [0.15, 0.2) is 0 Å². The summed E-state index contributed by atoms with van der Waals surface area (Å²) in [6.45, 7) is 6.53. The molecule has 0 atom stereocenters. The Labute approximate surface area is 174 Å². The molecule has 0 aromatic heterocycles. The first-order chi connectivity index (χ1) is 13.5. The average Bonchev–Trinajstić information content (AvgIpc) is 2.72. The highest BCUT2D eigenvalue weighted by Crippen LogP contribution is 2.38. The van der Waals surface area contributed by atoms with Crippen molar-refractivity contribution in [3.8, 4) is 5.75 Å². The van der Waals surface area contributed by atoms with Gasteiger partial charge >= 0.3 is 5.97 Å². The Morgan fingerprint density at radius 3 is 1.89 bits per heavy atom. The van der Waals surface area contributed by atoms with Crippen LogP contribution in [-0.2, 0) is 18.0 Å². The van der Waals surface area contributed by atoms with Crippen LogP contribution in [0, 0.1) is 20.8 Å². The van der Waals surface area contributed by atoms with E-state index >= 15 is 0 Å². The molecule has 3 nitrogen and oxygen atoms in total. The summed E-state index contributed by atoms with van der Waals surface area (Å²) in [6, 6.07) is 19.7. The van der Waals surface area contributed by atoms with Crippen LogP contribution in [0.25, 0.3) is 0 Å². The number of rotatable bonds is 6. The maximum Gasteiger partial charge on any atom is 0.339 e. The molecule has 0 unspecified atom stereocenters. The fourth-order valence-electron chi connectivity index (χ4n) is 3.09. The van der Waals surface area contributed by atoms with Gasteiger partial charge in [-0.05, 0) is 64.5 Å². The molecular weight excluding hydrogens is 416 g/mol. The quantitative estimate of drug-likeness (QED) is 0.422. The molecule has 4 heteroatoms. The largest absolute Gasteiger partial charge is 0.487 e. The van der Waals surface area contributed by atoms with Crippen LogP contribution in [0.15, 0.2) is 65.1 Å². The fourth-order valence-corrected chi connectivity index (χ4v) is 3.70. The summed E-state index contributed by atoms with van der Waals surface area (Å²) in [5.74, 6) is 0.440. The third-order valence-corrected chi connectivity index (χ3v) is 5.78. The first-order valence-corrected chi connectivity index (χ1v) is 9.95. The van der Waals surface area contributed by atoms with Crippen molar-refractivity contribution >= 4 is 21.9 Å². The SMILES string of the molecule is Cc1c(C)c(C(=O)OCc2ccccc2)c(C)c(Br)c1OCc1ccccc1. The summed E-state index contributed by atoms with van der Waals surface area (Å²) in [5, 5.41) is 0. The first kappa shape index (κ1) is 20.2. The number of benzene rings is 3. The van der Waals surface area contributed by atoms with E-state index in [1.165, 1.54) is 0 Å². The van der Waals surface area contributed by atoms with Gasteiger partial charge < -0.3 is 9.47 Å². The molecule has 3 rings (SSSR count). The van der Waals surface area contributed by atoms with Gasteiger partial charge in [-0.15, -0.1) is 0 Å². The zero-order valence-electron chi connectivity index (χ0n) is 16.3. The van der Waals surface area contributed by atoms with Crippen molar-refractivity contribution < 1.29 is 14.3 Å². The molecule has 144 valence electrons. The molecule has 0 amide bonds. The average molecular weight is 439 g/mol. The summed E-state index contributed by atoms with van der Waals surface area (Å²) >= 11 is 3.62. The van der Waals surface area contributed by atoms with Gasteiger partial charge in [0.1, 0.15) is 19.0 Å². The van der Waals surface area contributed by atoms with Crippen molar-refractivity contribution in [2.24, 2.45) is 0 Å². The normalized spacial score (nSPS) is 10.6. The highest BCUT2D eigenvalue weighted by Gasteiger charge is 2.22. The van der Waals surface area contributed by atoms with Crippen LogP contribution >= 0.6 is 15.9 Å². The summed E-state index contributed by atoms with van der Waals surface area (Å²) in [4.78, 5) is 12.8. The van der Waals surface area contributed by atoms with E-state index < -0.39 is 0 Å². The fraction of sp³-hybridized carbons (Fsp3) is 0.208. The van der Waals surface area contributed by atoms with Gasteiger partial charge in [0.05, 0.1) is 10.0 Å². The van der Waals surface area contributed by atoms with E-state index in [1.54, 1.807) is 0 Å².